The molecule has 0 fully saturated rings. The number of thiol groups is 1. The molecule has 0 aliphatic carbocycles. The van der Waals surface area contributed by atoms with E-state index in [1.54, 1.807) is 0 Å². The van der Waals surface area contributed by atoms with Crippen molar-refractivity contribution >= 4 is 24.5 Å². The fourth-order valence-electron chi connectivity index (χ4n) is 1.31. The number of rotatable bonds is 5. The van der Waals surface area contributed by atoms with Crippen molar-refractivity contribution in [1.29, 1.82) is 0 Å². The molecular formula is C13H20N2O6S. The molecule has 8 nitrogen and oxygen atoms in total. The lowest BCUT2D eigenvalue weighted by molar-refractivity contribution is -0.140. The van der Waals surface area contributed by atoms with Gasteiger partial charge in [0.05, 0.1) is 6.10 Å². The second kappa shape index (κ2) is 9.87. The lowest BCUT2D eigenvalue weighted by Crippen LogP contribution is -2.40. The summed E-state index contributed by atoms with van der Waals surface area (Å²) in [5.41, 5.74) is 5.69. The highest BCUT2D eigenvalue weighted by Gasteiger charge is 2.15. The Balaban J connectivity index is 0.000000409. The van der Waals surface area contributed by atoms with Gasteiger partial charge >= 0.3 is 5.97 Å². The van der Waals surface area contributed by atoms with Crippen molar-refractivity contribution in [3.63, 3.8) is 0 Å². The van der Waals surface area contributed by atoms with Crippen LogP contribution in [0.2, 0.25) is 0 Å². The average molecular weight is 332 g/mol. The topological polar surface area (TPSA) is 153 Å². The Labute approximate surface area is 133 Å². The summed E-state index contributed by atoms with van der Waals surface area (Å²) in [5.74, 6) is -1.77. The zero-order valence-corrected chi connectivity index (χ0v) is 12.8. The van der Waals surface area contributed by atoms with Crippen LogP contribution in [0.1, 0.15) is 18.6 Å². The highest BCUT2D eigenvalue weighted by Crippen LogP contribution is 2.27. The monoisotopic (exact) mass is 332 g/mol. The summed E-state index contributed by atoms with van der Waals surface area (Å²) in [6, 6.07) is 3.23. The number of aliphatic carboxylic acids is 1. The summed E-state index contributed by atoms with van der Waals surface area (Å²) >= 11 is 3.73. The third kappa shape index (κ3) is 7.16. The Morgan fingerprint density at radius 3 is 2.23 bits per heavy atom. The minimum absolute atomic E-state index is 0.0875. The normalized spacial score (nSPS) is 12.5. The van der Waals surface area contributed by atoms with Crippen molar-refractivity contribution in [2.45, 2.75) is 19.1 Å². The zero-order valence-electron chi connectivity index (χ0n) is 11.9. The van der Waals surface area contributed by atoms with Gasteiger partial charge in [0.25, 0.3) is 0 Å². The van der Waals surface area contributed by atoms with E-state index in [0.29, 0.717) is 5.56 Å². The van der Waals surface area contributed by atoms with Crippen LogP contribution in [0.25, 0.3) is 0 Å². The largest absolute Gasteiger partial charge is 0.504 e. The van der Waals surface area contributed by atoms with E-state index in [4.69, 9.17) is 21.1 Å². The second-order valence-corrected chi connectivity index (χ2v) is 4.64. The van der Waals surface area contributed by atoms with E-state index in [9.17, 15) is 14.7 Å². The Kier molecular flexibility index (Phi) is 8.99. The molecule has 1 aromatic carbocycles. The number of phenolic OH excluding ortho intramolecular Hbond substituents is 2. The van der Waals surface area contributed by atoms with Gasteiger partial charge in [-0.2, -0.15) is 12.6 Å². The molecule has 22 heavy (non-hydrogen) atoms. The minimum atomic E-state index is -1.06. The van der Waals surface area contributed by atoms with E-state index in [1.807, 2.05) is 0 Å². The molecule has 2 atom stereocenters. The lowest BCUT2D eigenvalue weighted by atomic mass is 10.1. The first-order valence-corrected chi connectivity index (χ1v) is 6.86. The van der Waals surface area contributed by atoms with Crippen LogP contribution in [0, 0.1) is 0 Å². The van der Waals surface area contributed by atoms with E-state index in [-0.39, 0.29) is 29.7 Å². The number of carbonyl (C=O) groups is 2. The van der Waals surface area contributed by atoms with E-state index in [0.717, 1.165) is 0 Å². The van der Waals surface area contributed by atoms with E-state index < -0.39 is 18.1 Å². The van der Waals surface area contributed by atoms with Crippen LogP contribution in [0.15, 0.2) is 18.2 Å². The molecule has 0 heterocycles. The van der Waals surface area contributed by atoms with E-state index in [1.165, 1.54) is 25.1 Å². The van der Waals surface area contributed by atoms with Gasteiger partial charge in [-0.05, 0) is 17.7 Å². The zero-order chi connectivity index (χ0) is 17.3. The Hall–Kier alpha value is -1.97. The van der Waals surface area contributed by atoms with Crippen molar-refractivity contribution in [3.05, 3.63) is 23.8 Å². The predicted octanol–water partition coefficient (Wildman–Crippen LogP) is -0.405. The number of phenols is 2. The van der Waals surface area contributed by atoms with E-state index >= 15 is 0 Å². The summed E-state index contributed by atoms with van der Waals surface area (Å²) in [4.78, 5) is 20.5. The summed E-state index contributed by atoms with van der Waals surface area (Å²) in [7, 11) is 0. The van der Waals surface area contributed by atoms with Gasteiger partial charge in [-0.25, -0.2) is 4.79 Å². The fraction of sp³-hybridized carbons (Fsp3) is 0.385. The first-order chi connectivity index (χ1) is 10.2. The van der Waals surface area contributed by atoms with E-state index in [2.05, 4.69) is 17.9 Å². The van der Waals surface area contributed by atoms with Crippen LogP contribution in [-0.2, 0) is 9.59 Å². The summed E-state index contributed by atoms with van der Waals surface area (Å²) in [6.07, 6.45) is -0.795. The van der Waals surface area contributed by atoms with Gasteiger partial charge in [0.15, 0.2) is 11.5 Å². The third-order valence-electron chi connectivity index (χ3n) is 2.47. The predicted molar refractivity (Wildman–Crippen MR) is 82.9 cm³/mol. The maximum Gasteiger partial charge on any atom is 0.327 e. The van der Waals surface area contributed by atoms with Crippen LogP contribution in [0.4, 0.5) is 0 Å². The number of nitrogens with two attached hydrogens (primary N) is 1. The fourth-order valence-corrected chi connectivity index (χ4v) is 1.56. The van der Waals surface area contributed by atoms with Crippen molar-refractivity contribution in [1.82, 2.24) is 5.32 Å². The summed E-state index contributed by atoms with van der Waals surface area (Å²) in [6.45, 7) is 1.35. The minimum Gasteiger partial charge on any atom is -0.504 e. The van der Waals surface area contributed by atoms with Gasteiger partial charge in [-0.15, -0.1) is 0 Å². The van der Waals surface area contributed by atoms with Gasteiger partial charge in [-0.1, -0.05) is 6.07 Å². The van der Waals surface area contributed by atoms with Crippen molar-refractivity contribution < 1.29 is 30.0 Å². The number of hydrogen-bond acceptors (Lipinski definition) is 7. The lowest BCUT2D eigenvalue weighted by Gasteiger charge is -2.08. The van der Waals surface area contributed by atoms with Gasteiger partial charge in [-0.3, -0.25) is 4.79 Å². The molecule has 0 saturated heterocycles. The summed E-state index contributed by atoms with van der Waals surface area (Å²) in [5, 5.41) is 37.8. The molecule has 0 radical (unpaired) electrons. The van der Waals surface area contributed by atoms with Crippen LogP contribution in [-0.4, -0.2) is 50.6 Å². The highest BCUT2D eigenvalue weighted by molar-refractivity contribution is 7.80. The summed E-state index contributed by atoms with van der Waals surface area (Å²) < 4.78 is 0. The molecule has 0 spiro atoms. The SMILES string of the molecule is CC(=O)NC(CS)C(=O)O.NCC(O)c1ccc(O)c(O)c1. The molecule has 0 saturated carbocycles. The molecule has 0 bridgehead atoms. The van der Waals surface area contributed by atoms with Gasteiger partial charge in [0.2, 0.25) is 5.91 Å². The van der Waals surface area contributed by atoms with Crippen molar-refractivity contribution in [3.8, 4) is 11.5 Å². The van der Waals surface area contributed by atoms with Gasteiger partial charge in [0.1, 0.15) is 6.04 Å². The molecule has 0 aliphatic rings. The van der Waals surface area contributed by atoms with Gasteiger partial charge in [0, 0.05) is 19.2 Å². The number of carbonyl (C=O) groups excluding carboxylic acids is 1. The van der Waals surface area contributed by atoms with Crippen LogP contribution in [0.5, 0.6) is 11.5 Å². The maximum atomic E-state index is 10.3. The second-order valence-electron chi connectivity index (χ2n) is 4.27. The number of aromatic hydroxyl groups is 2. The number of carboxylic acid groups (broad SMARTS) is 1. The number of carboxylic acids is 1. The Morgan fingerprint density at radius 2 is 1.91 bits per heavy atom. The smallest absolute Gasteiger partial charge is 0.327 e. The molecule has 0 aliphatic heterocycles. The molecule has 9 heteroatoms. The molecule has 124 valence electrons. The Morgan fingerprint density at radius 1 is 1.32 bits per heavy atom. The van der Waals surface area contributed by atoms with Crippen LogP contribution >= 0.6 is 12.6 Å². The third-order valence-corrected chi connectivity index (χ3v) is 2.83. The molecule has 7 N–H and O–H groups in total. The molecular weight excluding hydrogens is 312 g/mol. The molecule has 0 aromatic heterocycles. The number of hydrogen-bond donors (Lipinski definition) is 7. The van der Waals surface area contributed by atoms with Crippen molar-refractivity contribution in [2.75, 3.05) is 12.3 Å². The highest BCUT2D eigenvalue weighted by atomic mass is 32.1. The Bertz CT molecular complexity index is 511. The first-order valence-electron chi connectivity index (χ1n) is 6.23. The number of aliphatic hydroxyl groups excluding tert-OH is 1. The quantitative estimate of drug-likeness (QED) is 0.286. The van der Waals surface area contributed by atoms with Crippen LogP contribution in [0.3, 0.4) is 0 Å². The number of benzene rings is 1. The standard InChI is InChI=1S/C8H11NO3.C5H9NO3S/c9-4-8(12)5-1-2-6(10)7(11)3-5;1-3(7)6-4(2-10)5(8)9/h1-3,8,10-12H,4,9H2;4,10H,2H2,1H3,(H,6,7)(H,8,9). The first kappa shape index (κ1) is 20.0. The number of amides is 1. The molecule has 1 aromatic rings. The molecule has 1 amide bonds. The maximum absolute atomic E-state index is 10.3. The van der Waals surface area contributed by atoms with Gasteiger partial charge < -0.3 is 31.5 Å². The molecule has 2 unspecified atom stereocenters. The average Bonchev–Trinajstić information content (AvgIpc) is 2.47. The number of aliphatic hydroxyl groups is 1. The van der Waals surface area contributed by atoms with Crippen molar-refractivity contribution in [2.24, 2.45) is 5.73 Å². The number of nitrogens with one attached hydrogen (secondary N) is 1. The molecule has 1 rings (SSSR count). The van der Waals surface area contributed by atoms with Crippen LogP contribution < -0.4 is 11.1 Å².